The molecule has 1 aromatic carbocycles. The van der Waals surface area contributed by atoms with E-state index in [0.717, 1.165) is 34.2 Å². The van der Waals surface area contributed by atoms with Gasteiger partial charge in [-0.1, -0.05) is 18.2 Å². The third-order valence-electron chi connectivity index (χ3n) is 5.52. The summed E-state index contributed by atoms with van der Waals surface area (Å²) in [5, 5.41) is 8.76. The van der Waals surface area contributed by atoms with Crippen LogP contribution in [0.15, 0.2) is 54.9 Å². The number of nitrogens with zero attached hydrogens (tertiary/aromatic N) is 3. The van der Waals surface area contributed by atoms with E-state index in [0.29, 0.717) is 25.2 Å². The zero-order chi connectivity index (χ0) is 23.6. The molecule has 2 aromatic heterocycles. The zero-order valence-electron chi connectivity index (χ0n) is 19.0. The van der Waals surface area contributed by atoms with Gasteiger partial charge in [-0.15, -0.1) is 0 Å². The number of amides is 2. The lowest BCUT2D eigenvalue weighted by molar-refractivity contribution is 0.0270. The van der Waals surface area contributed by atoms with Gasteiger partial charge in [0.1, 0.15) is 5.60 Å². The smallest absolute Gasteiger partial charge is 0.410 e. The lowest BCUT2D eigenvalue weighted by Crippen LogP contribution is -2.39. The first-order chi connectivity index (χ1) is 15.7. The summed E-state index contributed by atoms with van der Waals surface area (Å²) in [6.07, 6.45) is 6.39. The maximum absolute atomic E-state index is 12.3. The van der Waals surface area contributed by atoms with Crippen LogP contribution in [0, 0.1) is 0 Å². The fraction of sp³-hybridized carbons (Fsp3) is 0.320. The minimum atomic E-state index is -0.534. The van der Waals surface area contributed by atoms with Gasteiger partial charge in [0, 0.05) is 37.6 Å². The van der Waals surface area contributed by atoms with Gasteiger partial charge < -0.3 is 14.2 Å². The fourth-order valence-corrected chi connectivity index (χ4v) is 3.82. The van der Waals surface area contributed by atoms with E-state index >= 15 is 0 Å². The van der Waals surface area contributed by atoms with E-state index in [4.69, 9.17) is 9.94 Å². The van der Waals surface area contributed by atoms with Gasteiger partial charge in [-0.25, -0.2) is 10.3 Å². The maximum atomic E-state index is 12.3. The number of hydroxylamine groups is 1. The van der Waals surface area contributed by atoms with Crippen molar-refractivity contribution in [3.05, 3.63) is 71.6 Å². The summed E-state index contributed by atoms with van der Waals surface area (Å²) >= 11 is 0. The Kier molecular flexibility index (Phi) is 6.20. The standard InChI is InChI=1S/C25H28N4O4/c1-25(2,3)33-24(31)28-11-8-18(9-12-28)20-14-22-21(26-15-20)10-13-29(22)16-17-4-6-19(7-5-17)23(30)27-32/h4-8,10,13-15,32H,9,11-12,16H2,1-3H3,(H,27,30). The SMILES string of the molecule is CC(C)(C)OC(=O)N1CC=C(c2cnc3ccn(Cc4ccc(C(=O)NO)cc4)c3c2)CC1. The molecule has 0 saturated carbocycles. The molecule has 0 fully saturated rings. The number of pyridine rings is 1. The number of hydrogen-bond acceptors (Lipinski definition) is 5. The Balaban J connectivity index is 1.50. The maximum Gasteiger partial charge on any atom is 0.410 e. The Morgan fingerprint density at radius 1 is 1.18 bits per heavy atom. The molecule has 172 valence electrons. The van der Waals surface area contributed by atoms with Crippen molar-refractivity contribution in [2.75, 3.05) is 13.1 Å². The molecule has 33 heavy (non-hydrogen) atoms. The number of ether oxygens (including phenoxy) is 1. The Morgan fingerprint density at radius 2 is 1.94 bits per heavy atom. The van der Waals surface area contributed by atoms with Gasteiger partial charge in [-0.3, -0.25) is 15.0 Å². The summed E-state index contributed by atoms with van der Waals surface area (Å²) in [5.41, 5.74) is 6.68. The molecule has 3 aromatic rings. The van der Waals surface area contributed by atoms with Gasteiger partial charge >= 0.3 is 6.09 Å². The molecule has 1 aliphatic rings. The monoisotopic (exact) mass is 448 g/mol. The highest BCUT2D eigenvalue weighted by atomic mass is 16.6. The first-order valence-electron chi connectivity index (χ1n) is 10.9. The van der Waals surface area contributed by atoms with Crippen LogP contribution in [0.1, 0.15) is 48.7 Å². The van der Waals surface area contributed by atoms with Crippen molar-refractivity contribution in [3.63, 3.8) is 0 Å². The molecule has 8 nitrogen and oxygen atoms in total. The largest absolute Gasteiger partial charge is 0.444 e. The first-order valence-corrected chi connectivity index (χ1v) is 10.9. The van der Waals surface area contributed by atoms with Gasteiger partial charge in [0.15, 0.2) is 0 Å². The average molecular weight is 449 g/mol. The Bertz CT molecular complexity index is 1210. The van der Waals surface area contributed by atoms with Crippen molar-refractivity contribution >= 4 is 28.6 Å². The topological polar surface area (TPSA) is 96.7 Å². The third-order valence-corrected chi connectivity index (χ3v) is 5.52. The van der Waals surface area contributed by atoms with E-state index in [2.05, 4.69) is 21.7 Å². The van der Waals surface area contributed by atoms with Crippen molar-refractivity contribution in [1.82, 2.24) is 19.9 Å². The second kappa shape index (κ2) is 9.07. The quantitative estimate of drug-likeness (QED) is 0.460. The Labute approximate surface area is 192 Å². The molecule has 0 aliphatic carbocycles. The molecule has 8 heteroatoms. The second-order valence-corrected chi connectivity index (χ2v) is 9.12. The van der Waals surface area contributed by atoms with E-state index in [-0.39, 0.29) is 6.09 Å². The highest BCUT2D eigenvalue weighted by Crippen LogP contribution is 2.26. The third kappa shape index (κ3) is 5.23. The molecular weight excluding hydrogens is 420 g/mol. The van der Waals surface area contributed by atoms with Crippen LogP contribution in [0.4, 0.5) is 4.79 Å². The van der Waals surface area contributed by atoms with Crippen molar-refractivity contribution < 1.29 is 19.5 Å². The molecule has 3 heterocycles. The van der Waals surface area contributed by atoms with Gasteiger partial charge in [0.25, 0.3) is 5.91 Å². The first kappa shape index (κ1) is 22.5. The summed E-state index contributed by atoms with van der Waals surface area (Å²) < 4.78 is 7.59. The zero-order valence-corrected chi connectivity index (χ0v) is 19.0. The molecule has 0 saturated heterocycles. The molecule has 0 radical (unpaired) electrons. The van der Waals surface area contributed by atoms with E-state index in [9.17, 15) is 9.59 Å². The lowest BCUT2D eigenvalue weighted by atomic mass is 10.0. The average Bonchev–Trinajstić information content (AvgIpc) is 3.20. The summed E-state index contributed by atoms with van der Waals surface area (Å²) in [5.74, 6) is -0.534. The van der Waals surface area contributed by atoms with Crippen LogP contribution in [-0.2, 0) is 11.3 Å². The summed E-state index contributed by atoms with van der Waals surface area (Å²) in [6, 6.07) is 11.2. The van der Waals surface area contributed by atoms with Crippen LogP contribution in [0.25, 0.3) is 16.6 Å². The number of nitrogens with one attached hydrogen (secondary N) is 1. The molecule has 0 atom stereocenters. The number of aromatic nitrogens is 2. The molecule has 0 bridgehead atoms. The second-order valence-electron chi connectivity index (χ2n) is 9.12. The minimum Gasteiger partial charge on any atom is -0.444 e. The molecule has 2 N–H and O–H groups in total. The number of carbonyl (C=O) groups excluding carboxylic acids is 2. The number of hydrogen-bond donors (Lipinski definition) is 2. The summed E-state index contributed by atoms with van der Waals surface area (Å²) in [7, 11) is 0. The molecule has 2 amide bonds. The van der Waals surface area contributed by atoms with Gasteiger partial charge in [0.05, 0.1) is 11.0 Å². The molecule has 4 rings (SSSR count). The lowest BCUT2D eigenvalue weighted by Gasteiger charge is -2.29. The number of benzene rings is 1. The van der Waals surface area contributed by atoms with Crippen LogP contribution >= 0.6 is 0 Å². The van der Waals surface area contributed by atoms with Crippen LogP contribution in [-0.4, -0.2) is 50.3 Å². The fourth-order valence-electron chi connectivity index (χ4n) is 3.82. The highest BCUT2D eigenvalue weighted by Gasteiger charge is 2.24. The van der Waals surface area contributed by atoms with Gasteiger partial charge in [0.2, 0.25) is 0 Å². The molecule has 1 aliphatic heterocycles. The van der Waals surface area contributed by atoms with Crippen molar-refractivity contribution in [2.45, 2.75) is 39.3 Å². The van der Waals surface area contributed by atoms with E-state index in [1.807, 2.05) is 51.4 Å². The number of fused-ring (bicyclic) bond motifs is 1. The highest BCUT2D eigenvalue weighted by molar-refractivity contribution is 5.93. The summed E-state index contributed by atoms with van der Waals surface area (Å²) in [6.45, 7) is 7.34. The summed E-state index contributed by atoms with van der Waals surface area (Å²) in [4.78, 5) is 30.2. The van der Waals surface area contributed by atoms with Crippen LogP contribution in [0.3, 0.4) is 0 Å². The number of rotatable bonds is 4. The molecule has 0 spiro atoms. The van der Waals surface area contributed by atoms with E-state index in [1.54, 1.807) is 22.5 Å². The van der Waals surface area contributed by atoms with Crippen LogP contribution in [0.2, 0.25) is 0 Å². The van der Waals surface area contributed by atoms with Crippen LogP contribution in [0.5, 0.6) is 0 Å². The predicted octanol–water partition coefficient (Wildman–Crippen LogP) is 4.23. The van der Waals surface area contributed by atoms with Crippen molar-refractivity contribution in [1.29, 1.82) is 0 Å². The van der Waals surface area contributed by atoms with Gasteiger partial charge in [-0.2, -0.15) is 0 Å². The Hall–Kier alpha value is -3.65. The van der Waals surface area contributed by atoms with Crippen LogP contribution < -0.4 is 5.48 Å². The molecule has 0 unspecified atom stereocenters. The number of carbonyl (C=O) groups is 2. The van der Waals surface area contributed by atoms with Gasteiger partial charge in [-0.05, 0) is 68.2 Å². The van der Waals surface area contributed by atoms with E-state index < -0.39 is 11.5 Å². The van der Waals surface area contributed by atoms with Crippen molar-refractivity contribution in [2.24, 2.45) is 0 Å². The minimum absolute atomic E-state index is 0.289. The predicted molar refractivity (Wildman–Crippen MR) is 125 cm³/mol. The normalized spacial score (nSPS) is 14.2. The van der Waals surface area contributed by atoms with Crippen molar-refractivity contribution in [3.8, 4) is 0 Å². The Morgan fingerprint density at radius 3 is 2.58 bits per heavy atom. The van der Waals surface area contributed by atoms with E-state index in [1.165, 1.54) is 0 Å². The molecular formula is C25H28N4O4.